The molecule has 0 aromatic heterocycles. The van der Waals surface area contributed by atoms with E-state index in [0.717, 1.165) is 0 Å². The first-order valence-electron chi connectivity index (χ1n) is 5.22. The van der Waals surface area contributed by atoms with E-state index in [9.17, 15) is 14.0 Å². The Morgan fingerprint density at radius 1 is 1.47 bits per heavy atom. The van der Waals surface area contributed by atoms with Crippen molar-refractivity contribution in [1.82, 2.24) is 5.32 Å². The van der Waals surface area contributed by atoms with Crippen LogP contribution < -0.4 is 10.6 Å². The monoisotopic (exact) mass is 334 g/mol. The molecule has 0 aliphatic heterocycles. The highest BCUT2D eigenvalue weighted by Crippen LogP contribution is 2.24. The molecule has 1 aromatic carbocycles. The number of urea groups is 1. The van der Waals surface area contributed by atoms with Gasteiger partial charge < -0.3 is 20.8 Å². The Kier molecular flexibility index (Phi) is 5.25. The van der Waals surface area contributed by atoms with E-state index < -0.39 is 30.5 Å². The van der Waals surface area contributed by atoms with E-state index in [4.69, 9.17) is 10.2 Å². The second-order valence-corrected chi connectivity index (χ2v) is 4.61. The van der Waals surface area contributed by atoms with Gasteiger partial charge in [-0.2, -0.15) is 0 Å². The fraction of sp³-hybridized carbons (Fsp3) is 0.273. The van der Waals surface area contributed by atoms with E-state index in [2.05, 4.69) is 26.6 Å². The van der Waals surface area contributed by atoms with Gasteiger partial charge in [-0.1, -0.05) is 0 Å². The molecule has 0 fully saturated rings. The molecule has 4 N–H and O–H groups in total. The van der Waals surface area contributed by atoms with Crippen LogP contribution >= 0.6 is 15.9 Å². The summed E-state index contributed by atoms with van der Waals surface area (Å²) in [6.45, 7) is 0.862. The van der Waals surface area contributed by atoms with Crippen molar-refractivity contribution >= 4 is 33.6 Å². The van der Waals surface area contributed by atoms with Crippen LogP contribution in [0.1, 0.15) is 5.56 Å². The van der Waals surface area contributed by atoms with Crippen LogP contribution in [0.15, 0.2) is 16.6 Å². The van der Waals surface area contributed by atoms with Gasteiger partial charge in [0.2, 0.25) is 0 Å². The number of aliphatic hydroxyl groups excluding tert-OH is 1. The Hall–Kier alpha value is -1.67. The smallest absolute Gasteiger partial charge is 0.328 e. The maximum absolute atomic E-state index is 13.2. The quantitative estimate of drug-likeness (QED) is 0.670. The molecule has 0 aliphatic rings. The van der Waals surface area contributed by atoms with Crippen LogP contribution in [0.2, 0.25) is 0 Å². The molecule has 0 bridgehead atoms. The molecule has 2 amide bonds. The van der Waals surface area contributed by atoms with E-state index >= 15 is 0 Å². The van der Waals surface area contributed by atoms with Gasteiger partial charge in [-0.3, -0.25) is 0 Å². The molecule has 104 valence electrons. The van der Waals surface area contributed by atoms with Gasteiger partial charge in [-0.25, -0.2) is 14.0 Å². The van der Waals surface area contributed by atoms with Gasteiger partial charge in [0, 0.05) is 5.69 Å². The molecular formula is C11H12BrFN2O4. The second kappa shape index (κ2) is 6.48. The molecule has 0 unspecified atom stereocenters. The molecule has 6 nitrogen and oxygen atoms in total. The lowest BCUT2D eigenvalue weighted by Gasteiger charge is -2.14. The van der Waals surface area contributed by atoms with Gasteiger partial charge in [-0.15, -0.1) is 0 Å². The Morgan fingerprint density at radius 2 is 2.11 bits per heavy atom. The first-order valence-corrected chi connectivity index (χ1v) is 6.01. The maximum atomic E-state index is 13.2. The lowest BCUT2D eigenvalue weighted by atomic mass is 10.2. The zero-order valence-corrected chi connectivity index (χ0v) is 11.5. The van der Waals surface area contributed by atoms with Crippen LogP contribution in [0, 0.1) is 12.7 Å². The minimum Gasteiger partial charge on any atom is -0.480 e. The summed E-state index contributed by atoms with van der Waals surface area (Å²) in [5.74, 6) is -1.82. The SMILES string of the molecule is Cc1cc(F)c(Br)cc1NC(=O)N[C@H](CO)C(=O)O. The topological polar surface area (TPSA) is 98.7 Å². The van der Waals surface area contributed by atoms with Gasteiger partial charge in [0.25, 0.3) is 0 Å². The number of carbonyl (C=O) groups is 2. The molecule has 0 aliphatic carbocycles. The average Bonchev–Trinajstić information content (AvgIpc) is 2.32. The number of carboxylic acid groups (broad SMARTS) is 1. The molecule has 0 saturated heterocycles. The van der Waals surface area contributed by atoms with E-state index in [0.29, 0.717) is 11.3 Å². The van der Waals surface area contributed by atoms with Crippen molar-refractivity contribution in [2.75, 3.05) is 11.9 Å². The van der Waals surface area contributed by atoms with Crippen molar-refractivity contribution in [2.24, 2.45) is 0 Å². The zero-order valence-electron chi connectivity index (χ0n) is 9.91. The molecule has 0 spiro atoms. The number of nitrogens with one attached hydrogen (secondary N) is 2. The van der Waals surface area contributed by atoms with Crippen molar-refractivity contribution in [1.29, 1.82) is 0 Å². The third-order valence-electron chi connectivity index (χ3n) is 2.30. The summed E-state index contributed by atoms with van der Waals surface area (Å²) in [5, 5.41) is 21.9. The van der Waals surface area contributed by atoms with Crippen molar-refractivity contribution in [2.45, 2.75) is 13.0 Å². The third kappa shape index (κ3) is 4.18. The molecule has 0 heterocycles. The number of benzene rings is 1. The van der Waals surface area contributed by atoms with Crippen LogP contribution in [-0.4, -0.2) is 34.9 Å². The standard InChI is InChI=1S/C11H12BrFN2O4/c1-5-2-7(13)6(12)3-8(5)14-11(19)15-9(4-16)10(17)18/h2-3,9,16H,4H2,1H3,(H,17,18)(H2,14,15,19)/t9-/m1/s1. The Labute approximate surface area is 116 Å². The molecular weight excluding hydrogens is 323 g/mol. The normalized spacial score (nSPS) is 11.8. The molecule has 0 radical (unpaired) electrons. The number of halogens is 2. The molecule has 1 aromatic rings. The van der Waals surface area contributed by atoms with Crippen LogP contribution in [0.5, 0.6) is 0 Å². The zero-order chi connectivity index (χ0) is 14.6. The van der Waals surface area contributed by atoms with Crippen LogP contribution in [0.25, 0.3) is 0 Å². The van der Waals surface area contributed by atoms with Crippen molar-refractivity contribution in [3.05, 3.63) is 28.0 Å². The number of aliphatic carboxylic acids is 1. The number of anilines is 1. The maximum Gasteiger partial charge on any atom is 0.328 e. The molecule has 0 saturated carbocycles. The Balaban J connectivity index is 2.77. The lowest BCUT2D eigenvalue weighted by Crippen LogP contribution is -2.45. The summed E-state index contributed by atoms with van der Waals surface area (Å²) >= 11 is 2.98. The molecule has 1 rings (SSSR count). The van der Waals surface area contributed by atoms with E-state index in [1.807, 2.05) is 0 Å². The minimum absolute atomic E-state index is 0.172. The second-order valence-electron chi connectivity index (χ2n) is 3.75. The highest BCUT2D eigenvalue weighted by molar-refractivity contribution is 9.10. The summed E-state index contributed by atoms with van der Waals surface area (Å²) in [6, 6.07) is 0.381. The van der Waals surface area contributed by atoms with E-state index in [1.165, 1.54) is 12.1 Å². The van der Waals surface area contributed by atoms with E-state index in [1.54, 1.807) is 6.92 Å². The van der Waals surface area contributed by atoms with Gasteiger partial charge in [0.15, 0.2) is 6.04 Å². The summed E-state index contributed by atoms with van der Waals surface area (Å²) in [5.41, 5.74) is 0.805. The number of hydrogen-bond acceptors (Lipinski definition) is 3. The minimum atomic E-state index is -1.40. The van der Waals surface area contributed by atoms with Gasteiger partial charge in [0.1, 0.15) is 5.82 Å². The number of carbonyl (C=O) groups excluding carboxylic acids is 1. The van der Waals surface area contributed by atoms with Gasteiger partial charge in [0.05, 0.1) is 11.1 Å². The number of carboxylic acids is 1. The van der Waals surface area contributed by atoms with Crippen LogP contribution in [-0.2, 0) is 4.79 Å². The number of aryl methyl sites for hydroxylation is 1. The number of amides is 2. The number of aliphatic hydroxyl groups is 1. The van der Waals surface area contributed by atoms with Crippen molar-refractivity contribution in [3.8, 4) is 0 Å². The fourth-order valence-corrected chi connectivity index (χ4v) is 1.63. The predicted molar refractivity (Wildman–Crippen MR) is 69.5 cm³/mol. The van der Waals surface area contributed by atoms with Crippen LogP contribution in [0.3, 0.4) is 0 Å². The largest absolute Gasteiger partial charge is 0.480 e. The Bertz CT molecular complexity index is 510. The average molecular weight is 335 g/mol. The first kappa shape index (κ1) is 15.4. The lowest BCUT2D eigenvalue weighted by molar-refractivity contribution is -0.140. The summed E-state index contributed by atoms with van der Waals surface area (Å²) < 4.78 is 13.4. The molecule has 1 atom stereocenters. The Morgan fingerprint density at radius 3 is 2.63 bits per heavy atom. The highest BCUT2D eigenvalue weighted by Gasteiger charge is 2.19. The summed E-state index contributed by atoms with van der Waals surface area (Å²) in [4.78, 5) is 22.2. The summed E-state index contributed by atoms with van der Waals surface area (Å²) in [6.07, 6.45) is 0. The van der Waals surface area contributed by atoms with Crippen molar-refractivity contribution in [3.63, 3.8) is 0 Å². The predicted octanol–water partition coefficient (Wildman–Crippen LogP) is 1.46. The molecule has 19 heavy (non-hydrogen) atoms. The van der Waals surface area contributed by atoms with Gasteiger partial charge in [-0.05, 0) is 40.5 Å². The van der Waals surface area contributed by atoms with Crippen molar-refractivity contribution < 1.29 is 24.2 Å². The third-order valence-corrected chi connectivity index (χ3v) is 2.91. The van der Waals surface area contributed by atoms with E-state index in [-0.39, 0.29) is 4.47 Å². The first-order chi connectivity index (χ1) is 8.85. The number of rotatable bonds is 4. The number of hydrogen-bond donors (Lipinski definition) is 4. The summed E-state index contributed by atoms with van der Waals surface area (Å²) in [7, 11) is 0. The fourth-order valence-electron chi connectivity index (χ4n) is 1.28. The highest BCUT2D eigenvalue weighted by atomic mass is 79.9. The molecule has 8 heteroatoms. The van der Waals surface area contributed by atoms with Crippen LogP contribution in [0.4, 0.5) is 14.9 Å². The van der Waals surface area contributed by atoms with Gasteiger partial charge >= 0.3 is 12.0 Å².